The Hall–Kier alpha value is -16.4. The van der Waals surface area contributed by atoms with Gasteiger partial charge in [-0.3, -0.25) is 0 Å². The van der Waals surface area contributed by atoms with Crippen molar-refractivity contribution >= 4 is 173 Å². The third-order valence-electron chi connectivity index (χ3n) is 26.3. The number of benzene rings is 21. The number of fused-ring (bicyclic) bond motifs is 18. The number of para-hydroxylation sites is 6. The van der Waals surface area contributed by atoms with E-state index < -0.39 is 0 Å². The van der Waals surface area contributed by atoms with E-state index in [2.05, 4.69) is 480 Å². The van der Waals surface area contributed by atoms with Crippen LogP contribution in [0.5, 0.6) is 0 Å². The van der Waals surface area contributed by atoms with Crippen LogP contribution in [0.3, 0.4) is 0 Å². The third-order valence-corrected chi connectivity index (χ3v) is 27.4. The van der Waals surface area contributed by atoms with Crippen molar-refractivity contribution in [2.45, 2.75) is 0 Å². The number of hydrogen-bond acceptors (Lipinski definition) is 2. The maximum atomic E-state index is 6.65. The van der Waals surface area contributed by atoms with Crippen LogP contribution in [0.15, 0.2) is 459 Å². The van der Waals surface area contributed by atoms with Gasteiger partial charge >= 0.3 is 0 Å². The molecule has 6 heterocycles. The first-order valence-electron chi connectivity index (χ1n) is 43.6. The Morgan fingerprint density at radius 2 is 0.472 bits per heavy atom. The lowest BCUT2D eigenvalue weighted by Crippen LogP contribution is -1.96. The van der Waals surface area contributed by atoms with E-state index in [0.29, 0.717) is 0 Å². The van der Waals surface area contributed by atoms with Crippen molar-refractivity contribution in [3.63, 3.8) is 0 Å². The molecule has 27 aromatic rings. The average Bonchev–Trinajstić information content (AvgIpc) is 1.70. The van der Waals surface area contributed by atoms with E-state index in [-0.39, 0.29) is 0 Å². The Bertz CT molecular complexity index is 8430. The van der Waals surface area contributed by atoms with E-state index in [9.17, 15) is 0 Å². The van der Waals surface area contributed by atoms with E-state index in [1.54, 1.807) is 0 Å². The smallest absolute Gasteiger partial charge is 0.136 e. The normalized spacial score (nSPS) is 11.8. The van der Waals surface area contributed by atoms with Crippen LogP contribution >= 0.6 is 11.3 Å². The van der Waals surface area contributed by atoms with Crippen LogP contribution in [0.2, 0.25) is 0 Å². The Balaban J connectivity index is 0.000000104. The molecule has 127 heavy (non-hydrogen) atoms. The molecule has 6 heteroatoms. The highest BCUT2D eigenvalue weighted by Gasteiger charge is 2.26. The van der Waals surface area contributed by atoms with Crippen molar-refractivity contribution < 1.29 is 4.42 Å². The number of aryl methyl sites for hydroxylation is 1. The molecule has 0 bridgehead atoms. The first-order chi connectivity index (χ1) is 63.0. The van der Waals surface area contributed by atoms with Crippen LogP contribution in [-0.4, -0.2) is 18.3 Å². The van der Waals surface area contributed by atoms with Crippen molar-refractivity contribution in [2.24, 2.45) is 7.05 Å². The van der Waals surface area contributed by atoms with Crippen LogP contribution < -0.4 is 0 Å². The molecule has 594 valence electrons. The van der Waals surface area contributed by atoms with Gasteiger partial charge in [0.1, 0.15) is 11.3 Å². The van der Waals surface area contributed by atoms with Gasteiger partial charge in [-0.05, 0) is 213 Å². The van der Waals surface area contributed by atoms with Gasteiger partial charge in [0, 0.05) is 99.0 Å². The molecule has 0 amide bonds. The molecule has 0 aliphatic heterocycles. The predicted molar refractivity (Wildman–Crippen MR) is 542 cm³/mol. The van der Waals surface area contributed by atoms with Gasteiger partial charge in [-0.25, -0.2) is 0 Å². The van der Waals surface area contributed by atoms with Crippen LogP contribution in [0.25, 0.3) is 245 Å². The zero-order valence-electron chi connectivity index (χ0n) is 69.4. The molecule has 0 unspecified atom stereocenters. The molecule has 0 atom stereocenters. The minimum Gasteiger partial charge on any atom is -0.456 e. The minimum atomic E-state index is 0.884. The van der Waals surface area contributed by atoms with Crippen LogP contribution in [-0.2, 0) is 7.05 Å². The van der Waals surface area contributed by atoms with E-state index in [0.717, 1.165) is 28.0 Å². The van der Waals surface area contributed by atoms with Gasteiger partial charge in [0.05, 0.1) is 38.8 Å². The third kappa shape index (κ3) is 11.9. The molecule has 0 fully saturated rings. The van der Waals surface area contributed by atoms with E-state index >= 15 is 0 Å². The SMILES string of the molecule is Cn1c(-c2c3ccccc3c(-c3ccccc3)c3ccccc23)cc2cc(-n3c4ccccc4c4ccccc43)ccc21.c1ccc(-c2c3ccccc3c(-c3cc4cc(-n5c6ccccc6c6ccccc65)ccc4o3)c3ccccc23)cc1.c1ccc(-c2c3ccccc3c(-c3cc4cc(-n5c6ccccc6c6ccccc65)ccc4s3)c3ccccc23)cc1. The minimum absolute atomic E-state index is 0.884. The molecule has 21 aromatic carbocycles. The van der Waals surface area contributed by atoms with Gasteiger partial charge in [-0.15, -0.1) is 11.3 Å². The number of nitrogens with zero attached hydrogens (tertiary/aromatic N) is 4. The van der Waals surface area contributed by atoms with E-state index in [4.69, 9.17) is 4.42 Å². The zero-order valence-corrected chi connectivity index (χ0v) is 70.2. The maximum Gasteiger partial charge on any atom is 0.136 e. The number of thiophene rings is 1. The second kappa shape index (κ2) is 30.0. The Kier molecular flexibility index (Phi) is 17.3. The molecule has 0 saturated carbocycles. The summed E-state index contributed by atoms with van der Waals surface area (Å²) in [5, 5.41) is 26.4. The quantitative estimate of drug-likeness (QED) is 0.133. The lowest BCUT2D eigenvalue weighted by Gasteiger charge is -2.18. The van der Waals surface area contributed by atoms with Gasteiger partial charge in [-0.1, -0.05) is 346 Å². The van der Waals surface area contributed by atoms with Crippen LogP contribution in [0.4, 0.5) is 0 Å². The lowest BCUT2D eigenvalue weighted by molar-refractivity contribution is 0.633. The average molecular weight is 1640 g/mol. The summed E-state index contributed by atoms with van der Waals surface area (Å²) in [6.45, 7) is 0. The number of furan rings is 1. The second-order valence-corrected chi connectivity index (χ2v) is 34.3. The molecule has 0 aliphatic carbocycles. The largest absolute Gasteiger partial charge is 0.456 e. The van der Waals surface area contributed by atoms with Gasteiger partial charge in [-0.2, -0.15) is 0 Å². The summed E-state index contributed by atoms with van der Waals surface area (Å²) >= 11 is 1.89. The van der Waals surface area contributed by atoms with Crippen molar-refractivity contribution in [3.05, 3.63) is 455 Å². The van der Waals surface area contributed by atoms with Gasteiger partial charge < -0.3 is 22.7 Å². The standard InChI is InChI=1S/C41H28N2.C40H25NO.C40H25NS/c1-42-36-24-23-29(43-37-21-11-9-15-30(37)31-16-10-12-22-38(31)43)25-28(36)26-39(42)41-34-19-7-5-17-32(34)40(27-13-3-2-4-14-27)33-18-6-8-20-35(33)41;2*1-2-12-26(13-3-1)39-31-16-4-6-18-33(31)40(34-19-7-5-17-32(34)39)38-25-27-24-28(22-23-37(27)42-38)41-35-20-10-8-14-29(35)30-15-9-11-21-36(30)41/h2-26H,1H3;2*1-25H. The highest BCUT2D eigenvalue weighted by atomic mass is 32.1. The molecular formula is C121H78N4OS. The fourth-order valence-corrected chi connectivity index (χ4v) is 22.0. The molecule has 5 nitrogen and oxygen atoms in total. The highest BCUT2D eigenvalue weighted by Crippen LogP contribution is 2.51. The zero-order chi connectivity index (χ0) is 83.7. The molecule has 0 aliphatic rings. The molecule has 0 saturated heterocycles. The van der Waals surface area contributed by atoms with Crippen molar-refractivity contribution in [1.82, 2.24) is 18.3 Å². The molecular weight excluding hydrogens is 1560 g/mol. The summed E-state index contributed by atoms with van der Waals surface area (Å²) in [6, 6.07) is 165. The summed E-state index contributed by atoms with van der Waals surface area (Å²) in [5.74, 6) is 0.886. The molecule has 0 radical (unpaired) electrons. The van der Waals surface area contributed by atoms with Crippen molar-refractivity contribution in [2.75, 3.05) is 0 Å². The van der Waals surface area contributed by atoms with Gasteiger partial charge in [0.15, 0.2) is 0 Å². The first-order valence-corrected chi connectivity index (χ1v) is 44.4. The molecule has 27 rings (SSSR count). The fourth-order valence-electron chi connectivity index (χ4n) is 20.8. The topological polar surface area (TPSA) is 32.9 Å². The molecule has 0 spiro atoms. The number of aromatic nitrogens is 4. The van der Waals surface area contributed by atoms with Crippen LogP contribution in [0.1, 0.15) is 0 Å². The Morgan fingerprint density at radius 3 is 0.827 bits per heavy atom. The summed E-state index contributed by atoms with van der Waals surface area (Å²) in [4.78, 5) is 1.30. The Labute approximate surface area is 736 Å². The monoisotopic (exact) mass is 1630 g/mol. The lowest BCUT2D eigenvalue weighted by atomic mass is 9.87. The predicted octanol–water partition coefficient (Wildman–Crippen LogP) is 33.7. The second-order valence-electron chi connectivity index (χ2n) is 33.2. The van der Waals surface area contributed by atoms with Gasteiger partial charge in [0.25, 0.3) is 0 Å². The van der Waals surface area contributed by atoms with Crippen molar-refractivity contribution in [1.29, 1.82) is 0 Å². The number of rotatable bonds is 9. The van der Waals surface area contributed by atoms with Crippen molar-refractivity contribution in [3.8, 4) is 83.5 Å². The van der Waals surface area contributed by atoms with Crippen LogP contribution in [0, 0.1) is 0 Å². The molecule has 0 N–H and O–H groups in total. The highest BCUT2D eigenvalue weighted by molar-refractivity contribution is 7.22. The van der Waals surface area contributed by atoms with Gasteiger partial charge in [0.2, 0.25) is 0 Å². The summed E-state index contributed by atoms with van der Waals surface area (Å²) in [6.07, 6.45) is 0. The fraction of sp³-hybridized carbons (Fsp3) is 0.00826. The number of hydrogen-bond donors (Lipinski definition) is 0. The Morgan fingerprint density at radius 1 is 0.197 bits per heavy atom. The summed E-state index contributed by atoms with van der Waals surface area (Å²) in [5.41, 5.74) is 25.5. The maximum absolute atomic E-state index is 6.65. The van der Waals surface area contributed by atoms with E-state index in [1.165, 1.54) is 217 Å². The molecule has 6 aromatic heterocycles. The van der Waals surface area contributed by atoms with E-state index in [1.807, 2.05) is 11.3 Å². The summed E-state index contributed by atoms with van der Waals surface area (Å²) < 4.78 is 17.5. The summed E-state index contributed by atoms with van der Waals surface area (Å²) in [7, 11) is 2.20. The first kappa shape index (κ1) is 73.3.